The van der Waals surface area contributed by atoms with Crippen molar-refractivity contribution in [3.8, 4) is 5.75 Å². The SMILES string of the molecule is O=C1CCc2c(OCC3(O)CCN(c4ccc(Cl)cc4F)CC3F)ccc(F)c2N1. The molecular weight excluding hydrogens is 421 g/mol. The van der Waals surface area contributed by atoms with Gasteiger partial charge in [0.05, 0.1) is 17.9 Å². The predicted molar refractivity (Wildman–Crippen MR) is 107 cm³/mol. The van der Waals surface area contributed by atoms with Crippen LogP contribution in [0.1, 0.15) is 18.4 Å². The molecule has 2 aliphatic heterocycles. The van der Waals surface area contributed by atoms with E-state index in [0.717, 1.165) is 12.1 Å². The number of hydrogen-bond donors (Lipinski definition) is 2. The number of piperidine rings is 1. The largest absolute Gasteiger partial charge is 0.490 e. The molecule has 0 bridgehead atoms. The summed E-state index contributed by atoms with van der Waals surface area (Å²) in [6, 6.07) is 6.71. The molecule has 2 aromatic rings. The number of nitrogens with one attached hydrogen (secondary N) is 1. The zero-order valence-corrected chi connectivity index (χ0v) is 16.7. The zero-order valence-electron chi connectivity index (χ0n) is 15.9. The van der Waals surface area contributed by atoms with E-state index in [9.17, 15) is 23.1 Å². The Morgan fingerprint density at radius 2 is 2.03 bits per heavy atom. The second-order valence-electron chi connectivity index (χ2n) is 7.60. The molecule has 0 spiro atoms. The Bertz CT molecular complexity index is 990. The fraction of sp³-hybridized carbons (Fsp3) is 0.381. The lowest BCUT2D eigenvalue weighted by molar-refractivity contribution is -0.116. The normalized spacial score (nSPS) is 23.7. The van der Waals surface area contributed by atoms with Crippen molar-refractivity contribution in [2.45, 2.75) is 31.0 Å². The Balaban J connectivity index is 1.46. The van der Waals surface area contributed by atoms with Gasteiger partial charge in [-0.1, -0.05) is 11.6 Å². The fourth-order valence-corrected chi connectivity index (χ4v) is 3.98. The Morgan fingerprint density at radius 3 is 2.77 bits per heavy atom. The monoisotopic (exact) mass is 440 g/mol. The number of aliphatic hydroxyl groups is 1. The molecule has 0 aromatic heterocycles. The van der Waals surface area contributed by atoms with Gasteiger partial charge in [-0.25, -0.2) is 13.2 Å². The van der Waals surface area contributed by atoms with Crippen molar-refractivity contribution in [3.05, 3.63) is 52.6 Å². The number of anilines is 2. The maximum absolute atomic E-state index is 14.9. The number of rotatable bonds is 4. The second kappa shape index (κ2) is 8.00. The van der Waals surface area contributed by atoms with E-state index in [4.69, 9.17) is 16.3 Å². The summed E-state index contributed by atoms with van der Waals surface area (Å²) in [6.07, 6.45) is -1.21. The molecule has 2 N–H and O–H groups in total. The first kappa shape index (κ1) is 20.8. The fourth-order valence-electron chi connectivity index (χ4n) is 3.82. The van der Waals surface area contributed by atoms with Gasteiger partial charge in [0.15, 0.2) is 0 Å². The van der Waals surface area contributed by atoms with Gasteiger partial charge < -0.3 is 20.1 Å². The van der Waals surface area contributed by atoms with Gasteiger partial charge >= 0.3 is 0 Å². The molecular formula is C21H20ClF3N2O3. The van der Waals surface area contributed by atoms with Crippen LogP contribution < -0.4 is 15.0 Å². The van der Waals surface area contributed by atoms with Crippen molar-refractivity contribution in [1.29, 1.82) is 0 Å². The first-order valence-electron chi connectivity index (χ1n) is 9.57. The molecule has 2 atom stereocenters. The summed E-state index contributed by atoms with van der Waals surface area (Å²) in [5, 5.41) is 13.5. The molecule has 2 unspecified atom stereocenters. The summed E-state index contributed by atoms with van der Waals surface area (Å²) in [5.41, 5.74) is -1.03. The molecule has 1 amide bonds. The highest BCUT2D eigenvalue weighted by molar-refractivity contribution is 6.30. The molecule has 30 heavy (non-hydrogen) atoms. The van der Waals surface area contributed by atoms with E-state index in [-0.39, 0.29) is 61.3 Å². The molecule has 5 nitrogen and oxygen atoms in total. The van der Waals surface area contributed by atoms with Crippen LogP contribution >= 0.6 is 11.6 Å². The maximum Gasteiger partial charge on any atom is 0.224 e. The average Bonchev–Trinajstić information content (AvgIpc) is 2.70. The summed E-state index contributed by atoms with van der Waals surface area (Å²) < 4.78 is 48.7. The number of carbonyl (C=O) groups is 1. The van der Waals surface area contributed by atoms with Crippen LogP contribution in [0, 0.1) is 11.6 Å². The highest BCUT2D eigenvalue weighted by atomic mass is 35.5. The van der Waals surface area contributed by atoms with Gasteiger partial charge in [0.25, 0.3) is 0 Å². The minimum absolute atomic E-state index is 0.0103. The van der Waals surface area contributed by atoms with E-state index in [0.29, 0.717) is 11.3 Å². The number of benzene rings is 2. The molecule has 0 radical (unpaired) electrons. The minimum Gasteiger partial charge on any atom is -0.490 e. The summed E-state index contributed by atoms with van der Waals surface area (Å²) in [5.74, 6) is -1.14. The van der Waals surface area contributed by atoms with E-state index < -0.39 is 23.4 Å². The van der Waals surface area contributed by atoms with Crippen LogP contribution in [-0.4, -0.2) is 42.5 Å². The van der Waals surface area contributed by atoms with Gasteiger partial charge in [-0.05, 0) is 43.2 Å². The van der Waals surface area contributed by atoms with Crippen LogP contribution in [0.4, 0.5) is 24.5 Å². The molecule has 160 valence electrons. The molecule has 1 saturated heterocycles. The van der Waals surface area contributed by atoms with E-state index in [2.05, 4.69) is 5.32 Å². The topological polar surface area (TPSA) is 61.8 Å². The Kier molecular flexibility index (Phi) is 5.55. The number of nitrogens with zero attached hydrogens (tertiary/aromatic N) is 1. The highest BCUT2D eigenvalue weighted by Crippen LogP contribution is 2.36. The van der Waals surface area contributed by atoms with Gasteiger partial charge in [0.1, 0.15) is 35.8 Å². The number of hydrogen-bond acceptors (Lipinski definition) is 4. The third-order valence-electron chi connectivity index (χ3n) is 5.59. The van der Waals surface area contributed by atoms with Gasteiger partial charge in [0.2, 0.25) is 5.91 Å². The van der Waals surface area contributed by atoms with Crippen molar-refractivity contribution in [2.24, 2.45) is 0 Å². The highest BCUT2D eigenvalue weighted by Gasteiger charge is 2.43. The standard InChI is InChI=1S/C21H20ClF3N2O3/c22-12-1-4-16(15(24)9-12)27-8-7-21(29,18(25)10-27)11-30-17-5-3-14(23)20-13(17)2-6-19(28)26-20/h1,3-5,9,18,29H,2,6-8,10-11H2,(H,26,28). The van der Waals surface area contributed by atoms with E-state index in [1.807, 2.05) is 0 Å². The Hall–Kier alpha value is -2.45. The molecule has 2 aliphatic rings. The smallest absolute Gasteiger partial charge is 0.224 e. The van der Waals surface area contributed by atoms with Gasteiger partial charge in [0, 0.05) is 23.6 Å². The van der Waals surface area contributed by atoms with E-state index in [1.165, 1.54) is 23.1 Å². The number of fused-ring (bicyclic) bond motifs is 1. The van der Waals surface area contributed by atoms with Crippen LogP contribution in [0.25, 0.3) is 0 Å². The van der Waals surface area contributed by atoms with Gasteiger partial charge in [-0.2, -0.15) is 0 Å². The van der Waals surface area contributed by atoms with Crippen LogP contribution in [-0.2, 0) is 11.2 Å². The minimum atomic E-state index is -1.78. The zero-order chi connectivity index (χ0) is 21.5. The average molecular weight is 441 g/mol. The molecule has 0 saturated carbocycles. The van der Waals surface area contributed by atoms with Crippen molar-refractivity contribution >= 4 is 28.9 Å². The summed E-state index contributed by atoms with van der Waals surface area (Å²) in [6.45, 7) is -0.344. The number of ether oxygens (including phenoxy) is 1. The number of alkyl halides is 1. The van der Waals surface area contributed by atoms with Crippen LogP contribution in [0.15, 0.2) is 30.3 Å². The maximum atomic E-state index is 14.9. The van der Waals surface area contributed by atoms with Gasteiger partial charge in [-0.3, -0.25) is 4.79 Å². The summed E-state index contributed by atoms with van der Waals surface area (Å²) in [4.78, 5) is 13.0. The van der Waals surface area contributed by atoms with Crippen LogP contribution in [0.3, 0.4) is 0 Å². The summed E-state index contributed by atoms with van der Waals surface area (Å²) >= 11 is 5.76. The Labute approximate surface area is 176 Å². The molecule has 2 aromatic carbocycles. The Morgan fingerprint density at radius 1 is 1.23 bits per heavy atom. The third kappa shape index (κ3) is 3.94. The number of amides is 1. The first-order chi connectivity index (χ1) is 14.3. The number of carbonyl (C=O) groups excluding carboxylic acids is 1. The van der Waals surface area contributed by atoms with Crippen molar-refractivity contribution in [2.75, 3.05) is 29.9 Å². The van der Waals surface area contributed by atoms with Crippen molar-refractivity contribution in [3.63, 3.8) is 0 Å². The molecule has 0 aliphatic carbocycles. The lowest BCUT2D eigenvalue weighted by atomic mass is 9.90. The predicted octanol–water partition coefficient (Wildman–Crippen LogP) is 3.86. The van der Waals surface area contributed by atoms with E-state index in [1.54, 1.807) is 0 Å². The first-order valence-corrected chi connectivity index (χ1v) is 9.95. The quantitative estimate of drug-likeness (QED) is 0.758. The third-order valence-corrected chi connectivity index (χ3v) is 5.83. The second-order valence-corrected chi connectivity index (χ2v) is 8.04. The lowest BCUT2D eigenvalue weighted by Crippen LogP contribution is -2.56. The summed E-state index contributed by atoms with van der Waals surface area (Å²) in [7, 11) is 0. The van der Waals surface area contributed by atoms with Crippen LogP contribution in [0.2, 0.25) is 5.02 Å². The lowest BCUT2D eigenvalue weighted by Gasteiger charge is -2.41. The molecule has 1 fully saturated rings. The molecule has 9 heteroatoms. The van der Waals surface area contributed by atoms with Gasteiger partial charge in [-0.15, -0.1) is 0 Å². The number of halogens is 4. The molecule has 2 heterocycles. The van der Waals surface area contributed by atoms with E-state index >= 15 is 0 Å². The van der Waals surface area contributed by atoms with Crippen molar-refractivity contribution in [1.82, 2.24) is 0 Å². The molecule has 4 rings (SSSR count). The van der Waals surface area contributed by atoms with Crippen LogP contribution in [0.5, 0.6) is 5.75 Å². The van der Waals surface area contributed by atoms with Crippen molar-refractivity contribution < 1.29 is 27.8 Å².